The molecule has 0 unspecified atom stereocenters. The van der Waals surface area contributed by atoms with Crippen molar-refractivity contribution in [2.45, 2.75) is 13.8 Å². The summed E-state index contributed by atoms with van der Waals surface area (Å²) in [6, 6.07) is 5.97. The van der Waals surface area contributed by atoms with E-state index in [1.54, 1.807) is 0 Å². The maximum atomic E-state index is 9.27. The van der Waals surface area contributed by atoms with Crippen LogP contribution in [-0.4, -0.2) is 6.54 Å². The molecule has 2 rings (SSSR count). The van der Waals surface area contributed by atoms with E-state index in [2.05, 4.69) is 11.0 Å². The lowest BCUT2D eigenvalue weighted by Gasteiger charge is -2.28. The van der Waals surface area contributed by atoms with Crippen LogP contribution in [0.2, 0.25) is 5.02 Å². The number of benzene rings is 1. The zero-order valence-electron chi connectivity index (χ0n) is 9.87. The quantitative estimate of drug-likeness (QED) is 0.751. The van der Waals surface area contributed by atoms with E-state index in [1.165, 1.54) is 0 Å². The summed E-state index contributed by atoms with van der Waals surface area (Å²) in [5.41, 5.74) is 3.51. The molecule has 0 aromatic heterocycles. The standard InChI is InChI=1S/C14H13ClN2/c1-10-6-7-13(15)14(12(10)9-16)17-8-4-3-5-11(17)2/h3-7H,8H2,1-2H3. The van der Waals surface area contributed by atoms with Gasteiger partial charge in [0.15, 0.2) is 0 Å². The lowest BCUT2D eigenvalue weighted by atomic mass is 10.1. The minimum Gasteiger partial charge on any atom is -0.339 e. The van der Waals surface area contributed by atoms with Crippen molar-refractivity contribution in [3.63, 3.8) is 0 Å². The van der Waals surface area contributed by atoms with Crippen molar-refractivity contribution in [3.8, 4) is 6.07 Å². The maximum Gasteiger partial charge on any atom is 0.102 e. The molecule has 0 N–H and O–H groups in total. The lowest BCUT2D eigenvalue weighted by Crippen LogP contribution is -2.24. The Morgan fingerprint density at radius 2 is 2.12 bits per heavy atom. The summed E-state index contributed by atoms with van der Waals surface area (Å²) in [6.07, 6.45) is 6.08. The van der Waals surface area contributed by atoms with E-state index < -0.39 is 0 Å². The highest BCUT2D eigenvalue weighted by molar-refractivity contribution is 6.33. The second kappa shape index (κ2) is 4.65. The largest absolute Gasteiger partial charge is 0.339 e. The minimum atomic E-state index is 0.621. The molecule has 1 aromatic carbocycles. The summed E-state index contributed by atoms with van der Waals surface area (Å²) in [7, 11) is 0. The lowest BCUT2D eigenvalue weighted by molar-refractivity contribution is 0.988. The monoisotopic (exact) mass is 244 g/mol. The first kappa shape index (κ1) is 11.8. The van der Waals surface area contributed by atoms with Crippen LogP contribution < -0.4 is 4.90 Å². The third kappa shape index (κ3) is 2.07. The number of hydrogen-bond acceptors (Lipinski definition) is 2. The van der Waals surface area contributed by atoms with E-state index in [0.717, 1.165) is 23.5 Å². The molecule has 0 atom stereocenters. The molecule has 86 valence electrons. The van der Waals surface area contributed by atoms with Crippen LogP contribution in [0.1, 0.15) is 18.1 Å². The van der Waals surface area contributed by atoms with Gasteiger partial charge in [-0.25, -0.2) is 0 Å². The average molecular weight is 245 g/mol. The Bertz CT molecular complexity index is 550. The average Bonchev–Trinajstić information content (AvgIpc) is 2.33. The van der Waals surface area contributed by atoms with Gasteiger partial charge in [0.2, 0.25) is 0 Å². The Balaban J connectivity index is 2.60. The third-order valence-electron chi connectivity index (χ3n) is 2.91. The second-order valence-electron chi connectivity index (χ2n) is 4.05. The first-order valence-corrected chi connectivity index (χ1v) is 5.83. The molecule has 1 aliphatic rings. The van der Waals surface area contributed by atoms with Crippen molar-refractivity contribution in [1.29, 1.82) is 5.26 Å². The minimum absolute atomic E-state index is 0.621. The molecule has 0 bridgehead atoms. The van der Waals surface area contributed by atoms with E-state index in [9.17, 15) is 5.26 Å². The third-order valence-corrected chi connectivity index (χ3v) is 3.21. The fourth-order valence-electron chi connectivity index (χ4n) is 1.95. The first-order valence-electron chi connectivity index (χ1n) is 5.45. The van der Waals surface area contributed by atoms with Crippen LogP contribution in [0.4, 0.5) is 5.69 Å². The molecule has 0 spiro atoms. The highest BCUT2D eigenvalue weighted by Gasteiger charge is 2.18. The normalized spacial score (nSPS) is 14.5. The first-order chi connectivity index (χ1) is 8.15. The summed E-state index contributed by atoms with van der Waals surface area (Å²) in [5, 5.41) is 9.89. The highest BCUT2D eigenvalue weighted by Crippen LogP contribution is 2.34. The van der Waals surface area contributed by atoms with Crippen LogP contribution in [0, 0.1) is 18.3 Å². The second-order valence-corrected chi connectivity index (χ2v) is 4.45. The SMILES string of the molecule is CC1=CC=CCN1c1c(Cl)ccc(C)c1C#N. The highest BCUT2D eigenvalue weighted by atomic mass is 35.5. The van der Waals surface area contributed by atoms with Gasteiger partial charge in [0, 0.05) is 12.2 Å². The van der Waals surface area contributed by atoms with Crippen molar-refractivity contribution in [2.75, 3.05) is 11.4 Å². The van der Waals surface area contributed by atoms with Gasteiger partial charge < -0.3 is 4.90 Å². The molecule has 0 radical (unpaired) electrons. The molecule has 1 aliphatic heterocycles. The molecule has 0 fully saturated rings. The van der Waals surface area contributed by atoms with Crippen molar-refractivity contribution >= 4 is 17.3 Å². The Labute approximate surface area is 106 Å². The number of allylic oxidation sites excluding steroid dienone is 3. The number of aryl methyl sites for hydroxylation is 1. The van der Waals surface area contributed by atoms with Crippen LogP contribution in [0.15, 0.2) is 36.1 Å². The molecule has 3 heteroatoms. The Morgan fingerprint density at radius 1 is 1.35 bits per heavy atom. The van der Waals surface area contributed by atoms with Gasteiger partial charge in [0.25, 0.3) is 0 Å². The van der Waals surface area contributed by atoms with Gasteiger partial charge >= 0.3 is 0 Å². The summed E-state index contributed by atoms with van der Waals surface area (Å²) < 4.78 is 0. The molecule has 0 aliphatic carbocycles. The van der Waals surface area contributed by atoms with Crippen molar-refractivity contribution in [3.05, 3.63) is 52.2 Å². The van der Waals surface area contributed by atoms with Gasteiger partial charge in [-0.15, -0.1) is 0 Å². The molecule has 0 saturated carbocycles. The van der Waals surface area contributed by atoms with Crippen LogP contribution in [-0.2, 0) is 0 Å². The van der Waals surface area contributed by atoms with E-state index in [-0.39, 0.29) is 0 Å². The predicted octanol–water partition coefficient (Wildman–Crippen LogP) is 3.80. The molecule has 1 aromatic rings. The summed E-state index contributed by atoms with van der Waals surface area (Å²) in [6.45, 7) is 4.70. The van der Waals surface area contributed by atoms with Gasteiger partial charge in [0.1, 0.15) is 6.07 Å². The number of rotatable bonds is 1. The zero-order valence-corrected chi connectivity index (χ0v) is 10.6. The van der Waals surface area contributed by atoms with E-state index in [0.29, 0.717) is 10.6 Å². The number of nitriles is 1. The number of nitrogens with zero attached hydrogens (tertiary/aromatic N) is 2. The van der Waals surface area contributed by atoms with Crippen molar-refractivity contribution in [1.82, 2.24) is 0 Å². The Hall–Kier alpha value is -1.72. The summed E-state index contributed by atoms with van der Waals surface area (Å²) in [5.74, 6) is 0. The number of halogens is 1. The number of anilines is 1. The molecule has 2 nitrogen and oxygen atoms in total. The van der Waals surface area contributed by atoms with Gasteiger partial charge in [-0.1, -0.05) is 29.8 Å². The smallest absolute Gasteiger partial charge is 0.102 e. The van der Waals surface area contributed by atoms with Crippen molar-refractivity contribution in [2.24, 2.45) is 0 Å². The van der Waals surface area contributed by atoms with Crippen LogP contribution >= 0.6 is 11.6 Å². The molecule has 0 saturated heterocycles. The fraction of sp³-hybridized carbons (Fsp3) is 0.214. The molecular weight excluding hydrogens is 232 g/mol. The summed E-state index contributed by atoms with van der Waals surface area (Å²) in [4.78, 5) is 2.06. The van der Waals surface area contributed by atoms with E-state index in [4.69, 9.17) is 11.6 Å². The van der Waals surface area contributed by atoms with Gasteiger partial charge in [-0.05, 0) is 31.6 Å². The molecule has 17 heavy (non-hydrogen) atoms. The number of hydrogen-bond donors (Lipinski definition) is 0. The molecule has 0 amide bonds. The zero-order chi connectivity index (χ0) is 12.4. The topological polar surface area (TPSA) is 27.0 Å². The molecule has 1 heterocycles. The van der Waals surface area contributed by atoms with E-state index in [1.807, 2.05) is 44.2 Å². The van der Waals surface area contributed by atoms with Crippen LogP contribution in [0.25, 0.3) is 0 Å². The Morgan fingerprint density at radius 3 is 2.76 bits per heavy atom. The predicted molar refractivity (Wildman–Crippen MR) is 71.1 cm³/mol. The van der Waals surface area contributed by atoms with Crippen LogP contribution in [0.3, 0.4) is 0 Å². The summed E-state index contributed by atoms with van der Waals surface area (Å²) >= 11 is 6.23. The maximum absolute atomic E-state index is 9.27. The molecular formula is C14H13ClN2. The van der Waals surface area contributed by atoms with Crippen molar-refractivity contribution < 1.29 is 0 Å². The van der Waals surface area contributed by atoms with E-state index >= 15 is 0 Å². The van der Waals surface area contributed by atoms with Crippen LogP contribution in [0.5, 0.6) is 0 Å². The van der Waals surface area contributed by atoms with Gasteiger partial charge in [-0.2, -0.15) is 5.26 Å². The Kier molecular flexibility index (Phi) is 3.21. The van der Waals surface area contributed by atoms with Gasteiger partial charge in [0.05, 0.1) is 16.3 Å². The fourth-order valence-corrected chi connectivity index (χ4v) is 2.21. The van der Waals surface area contributed by atoms with Gasteiger partial charge in [-0.3, -0.25) is 0 Å².